The number of carbonyl (C=O) groups excluding carboxylic acids is 1. The van der Waals surface area contributed by atoms with Crippen molar-refractivity contribution in [3.63, 3.8) is 0 Å². The van der Waals surface area contributed by atoms with Gasteiger partial charge in [-0.3, -0.25) is 10.6 Å². The highest BCUT2D eigenvalue weighted by Gasteiger charge is 2.12. The van der Waals surface area contributed by atoms with Crippen LogP contribution in [0, 0.1) is 25.2 Å². The number of nitrogens with two attached hydrogens (primary N) is 1. The zero-order valence-corrected chi connectivity index (χ0v) is 11.9. The third-order valence-corrected chi connectivity index (χ3v) is 3.27. The van der Waals surface area contributed by atoms with Gasteiger partial charge in [0.1, 0.15) is 6.07 Å². The first-order chi connectivity index (χ1) is 10.1. The van der Waals surface area contributed by atoms with Crippen LogP contribution in [0.15, 0.2) is 36.4 Å². The topological polar surface area (TPSA) is 90.9 Å². The second kappa shape index (κ2) is 6.07. The van der Waals surface area contributed by atoms with Crippen molar-refractivity contribution in [1.82, 2.24) is 0 Å². The molecule has 106 valence electrons. The van der Waals surface area contributed by atoms with Crippen molar-refractivity contribution >= 4 is 17.3 Å². The molecule has 2 aromatic carbocycles. The molecule has 0 aromatic heterocycles. The number of amides is 1. The molecule has 0 atom stereocenters. The van der Waals surface area contributed by atoms with Crippen LogP contribution in [0.4, 0.5) is 11.4 Å². The Morgan fingerprint density at radius 3 is 2.57 bits per heavy atom. The van der Waals surface area contributed by atoms with Gasteiger partial charge in [-0.1, -0.05) is 12.1 Å². The van der Waals surface area contributed by atoms with Gasteiger partial charge in [0.25, 0.3) is 5.91 Å². The summed E-state index contributed by atoms with van der Waals surface area (Å²) in [6, 6.07) is 12.7. The number of nitrogens with zero attached hydrogens (tertiary/aromatic N) is 1. The lowest BCUT2D eigenvalue weighted by Gasteiger charge is -2.11. The van der Waals surface area contributed by atoms with Gasteiger partial charge in [0.2, 0.25) is 0 Å². The Bertz CT molecular complexity index is 732. The van der Waals surface area contributed by atoms with E-state index in [2.05, 4.69) is 16.8 Å². The Balaban J connectivity index is 2.31. The number of nitrogen functional groups attached to an aromatic ring is 1. The third-order valence-electron chi connectivity index (χ3n) is 3.27. The van der Waals surface area contributed by atoms with Gasteiger partial charge in [-0.2, -0.15) is 5.26 Å². The molecule has 0 saturated heterocycles. The Morgan fingerprint density at radius 1 is 1.19 bits per heavy atom. The first kappa shape index (κ1) is 14.6. The maximum atomic E-state index is 12.3. The normalized spacial score (nSPS) is 9.81. The van der Waals surface area contributed by atoms with Crippen LogP contribution in [-0.2, 0) is 0 Å². The maximum absolute atomic E-state index is 12.3. The molecule has 4 N–H and O–H groups in total. The molecule has 0 spiro atoms. The average Bonchev–Trinajstić information content (AvgIpc) is 2.47. The molecule has 0 aliphatic heterocycles. The van der Waals surface area contributed by atoms with Crippen LogP contribution in [0.1, 0.15) is 27.0 Å². The number of nitrogens with one attached hydrogen (secondary N) is 2. The fourth-order valence-corrected chi connectivity index (χ4v) is 2.12. The van der Waals surface area contributed by atoms with Gasteiger partial charge in [0.15, 0.2) is 0 Å². The molecule has 0 aliphatic rings. The maximum Gasteiger partial charge on any atom is 0.255 e. The molecule has 0 fully saturated rings. The van der Waals surface area contributed by atoms with E-state index >= 15 is 0 Å². The number of hydrazine groups is 1. The highest BCUT2D eigenvalue weighted by atomic mass is 16.1. The minimum absolute atomic E-state index is 0.252. The molecule has 0 aliphatic carbocycles. The predicted octanol–water partition coefficient (Wildman–Crippen LogP) is 2.71. The van der Waals surface area contributed by atoms with Gasteiger partial charge in [0, 0.05) is 11.3 Å². The van der Waals surface area contributed by atoms with Crippen LogP contribution in [0.3, 0.4) is 0 Å². The van der Waals surface area contributed by atoms with Crippen LogP contribution >= 0.6 is 0 Å². The number of rotatable bonds is 3. The van der Waals surface area contributed by atoms with Crippen LogP contribution in [0.25, 0.3) is 0 Å². The summed E-state index contributed by atoms with van der Waals surface area (Å²) in [7, 11) is 0. The number of nitriles is 1. The van der Waals surface area contributed by atoms with Crippen molar-refractivity contribution in [2.45, 2.75) is 13.8 Å². The molecular weight excluding hydrogens is 264 g/mol. The number of anilines is 2. The van der Waals surface area contributed by atoms with Gasteiger partial charge in [-0.15, -0.1) is 0 Å². The average molecular weight is 280 g/mol. The van der Waals surface area contributed by atoms with Gasteiger partial charge < -0.3 is 10.7 Å². The molecule has 21 heavy (non-hydrogen) atoms. The molecule has 0 heterocycles. The molecule has 1 amide bonds. The van der Waals surface area contributed by atoms with E-state index in [1.54, 1.807) is 30.3 Å². The summed E-state index contributed by atoms with van der Waals surface area (Å²) in [6.45, 7) is 3.67. The van der Waals surface area contributed by atoms with Gasteiger partial charge >= 0.3 is 0 Å². The molecule has 2 rings (SSSR count). The molecule has 0 unspecified atom stereocenters. The largest absolute Gasteiger partial charge is 0.324 e. The fourth-order valence-electron chi connectivity index (χ4n) is 2.12. The highest BCUT2D eigenvalue weighted by Crippen LogP contribution is 2.21. The number of aryl methyl sites for hydroxylation is 2. The van der Waals surface area contributed by atoms with Crippen molar-refractivity contribution in [1.29, 1.82) is 5.26 Å². The minimum atomic E-state index is -0.252. The van der Waals surface area contributed by atoms with E-state index in [1.165, 1.54) is 0 Å². The van der Waals surface area contributed by atoms with Crippen molar-refractivity contribution < 1.29 is 4.79 Å². The summed E-state index contributed by atoms with van der Waals surface area (Å²) in [5, 5.41) is 12.0. The van der Waals surface area contributed by atoms with E-state index < -0.39 is 0 Å². The summed E-state index contributed by atoms with van der Waals surface area (Å²) >= 11 is 0. The molecule has 5 heteroatoms. The lowest BCUT2D eigenvalue weighted by Crippen LogP contribution is -2.15. The van der Waals surface area contributed by atoms with E-state index in [0.29, 0.717) is 16.8 Å². The Labute approximate surface area is 123 Å². The lowest BCUT2D eigenvalue weighted by atomic mass is 10.1. The van der Waals surface area contributed by atoms with Crippen LogP contribution < -0.4 is 16.6 Å². The molecular formula is C16H16N4O. The van der Waals surface area contributed by atoms with Gasteiger partial charge in [0.05, 0.1) is 11.3 Å². The van der Waals surface area contributed by atoms with E-state index in [0.717, 1.165) is 16.8 Å². The quantitative estimate of drug-likeness (QED) is 0.595. The van der Waals surface area contributed by atoms with Crippen molar-refractivity contribution in [2.75, 3.05) is 10.7 Å². The number of hydrogen-bond acceptors (Lipinski definition) is 4. The smallest absolute Gasteiger partial charge is 0.255 e. The third kappa shape index (κ3) is 3.02. The van der Waals surface area contributed by atoms with Crippen molar-refractivity contribution in [3.8, 4) is 6.07 Å². The Morgan fingerprint density at radius 2 is 1.95 bits per heavy atom. The summed E-state index contributed by atoms with van der Waals surface area (Å²) in [4.78, 5) is 12.3. The van der Waals surface area contributed by atoms with E-state index in [-0.39, 0.29) is 5.91 Å². The van der Waals surface area contributed by atoms with Crippen molar-refractivity contribution in [2.24, 2.45) is 5.84 Å². The van der Waals surface area contributed by atoms with Crippen LogP contribution in [-0.4, -0.2) is 5.91 Å². The predicted molar refractivity (Wildman–Crippen MR) is 82.8 cm³/mol. The molecule has 5 nitrogen and oxygen atoms in total. The second-order valence-corrected chi connectivity index (χ2v) is 4.74. The van der Waals surface area contributed by atoms with E-state index in [4.69, 9.17) is 5.84 Å². The van der Waals surface area contributed by atoms with Gasteiger partial charge in [-0.25, -0.2) is 0 Å². The van der Waals surface area contributed by atoms with E-state index in [9.17, 15) is 10.1 Å². The fraction of sp³-hybridized carbons (Fsp3) is 0.125. The zero-order chi connectivity index (χ0) is 15.4. The Kier molecular flexibility index (Phi) is 4.21. The molecule has 0 bridgehead atoms. The first-order valence-electron chi connectivity index (χ1n) is 6.45. The SMILES string of the molecule is Cc1cc(NN)ccc1C(=O)Nc1cccc(C)c1C#N. The van der Waals surface area contributed by atoms with Crippen molar-refractivity contribution in [3.05, 3.63) is 58.7 Å². The highest BCUT2D eigenvalue weighted by molar-refractivity contribution is 6.06. The van der Waals surface area contributed by atoms with E-state index in [1.807, 2.05) is 19.9 Å². The van der Waals surface area contributed by atoms with Gasteiger partial charge in [-0.05, 0) is 49.2 Å². The summed E-state index contributed by atoms with van der Waals surface area (Å²) in [5.41, 5.74) is 6.43. The second-order valence-electron chi connectivity index (χ2n) is 4.74. The number of hydrogen-bond donors (Lipinski definition) is 3. The van der Waals surface area contributed by atoms with Crippen LogP contribution in [0.5, 0.6) is 0 Å². The zero-order valence-electron chi connectivity index (χ0n) is 11.9. The summed E-state index contributed by atoms with van der Waals surface area (Å²) in [5.74, 6) is 5.08. The Hall–Kier alpha value is -2.84. The standard InChI is InChI=1S/C16H16N4O/c1-10-4-3-5-15(14(10)9-17)19-16(21)13-7-6-12(20-18)8-11(13)2/h3-8,20H,18H2,1-2H3,(H,19,21). The molecule has 0 radical (unpaired) electrons. The summed E-state index contributed by atoms with van der Waals surface area (Å²) < 4.78 is 0. The number of benzene rings is 2. The minimum Gasteiger partial charge on any atom is -0.324 e. The monoisotopic (exact) mass is 280 g/mol. The summed E-state index contributed by atoms with van der Waals surface area (Å²) in [6.07, 6.45) is 0. The molecule has 0 saturated carbocycles. The molecule has 2 aromatic rings. The van der Waals surface area contributed by atoms with Crippen LogP contribution in [0.2, 0.25) is 0 Å². The lowest BCUT2D eigenvalue weighted by molar-refractivity contribution is 0.102. The number of carbonyl (C=O) groups is 1. The first-order valence-corrected chi connectivity index (χ1v) is 6.45.